The lowest BCUT2D eigenvalue weighted by Gasteiger charge is -2.26. The number of piperazine rings is 1. The molecule has 0 bridgehead atoms. The van der Waals surface area contributed by atoms with E-state index in [1.807, 2.05) is 6.07 Å². The zero-order chi connectivity index (χ0) is 23.9. The van der Waals surface area contributed by atoms with E-state index in [0.717, 1.165) is 5.56 Å². The third-order valence-corrected chi connectivity index (χ3v) is 8.81. The molecule has 1 N–H and O–H groups in total. The van der Waals surface area contributed by atoms with Gasteiger partial charge in [0.15, 0.2) is 15.5 Å². The summed E-state index contributed by atoms with van der Waals surface area (Å²) in [6, 6.07) is 16.9. The Labute approximate surface area is 198 Å². The van der Waals surface area contributed by atoms with Crippen LogP contribution in [0.5, 0.6) is 0 Å². The van der Waals surface area contributed by atoms with Gasteiger partial charge in [-0.2, -0.15) is 9.40 Å². The molecule has 1 aliphatic rings. The monoisotopic (exact) mass is 497 g/mol. The first kappa shape index (κ1) is 22.7. The second-order valence-electron chi connectivity index (χ2n) is 8.11. The van der Waals surface area contributed by atoms with Gasteiger partial charge in [-0.3, -0.25) is 0 Å². The van der Waals surface area contributed by atoms with Crippen molar-refractivity contribution in [1.29, 1.82) is 0 Å². The SMILES string of the molecule is CS(=O)(=O)c1cccc(-c2ccc3ncc(-c4ccc(S(=O)(=O)N5CCNCC5)cc4)n3n2)c1. The van der Waals surface area contributed by atoms with E-state index in [1.54, 1.807) is 65.3 Å². The lowest BCUT2D eigenvalue weighted by molar-refractivity contribution is 0.360. The van der Waals surface area contributed by atoms with E-state index in [4.69, 9.17) is 0 Å². The van der Waals surface area contributed by atoms with E-state index >= 15 is 0 Å². The van der Waals surface area contributed by atoms with Crippen molar-refractivity contribution in [3.8, 4) is 22.5 Å². The van der Waals surface area contributed by atoms with Crippen LogP contribution in [0.25, 0.3) is 28.2 Å². The number of nitrogens with one attached hydrogen (secondary N) is 1. The van der Waals surface area contributed by atoms with Crippen LogP contribution in [0.2, 0.25) is 0 Å². The molecule has 11 heteroatoms. The highest BCUT2D eigenvalue weighted by Crippen LogP contribution is 2.26. The van der Waals surface area contributed by atoms with E-state index in [0.29, 0.717) is 48.8 Å². The molecule has 0 spiro atoms. The van der Waals surface area contributed by atoms with Crippen LogP contribution in [0.3, 0.4) is 0 Å². The number of hydrogen-bond donors (Lipinski definition) is 1. The maximum Gasteiger partial charge on any atom is 0.243 e. The zero-order valence-electron chi connectivity index (χ0n) is 18.4. The maximum absolute atomic E-state index is 12.9. The van der Waals surface area contributed by atoms with Crippen molar-refractivity contribution < 1.29 is 16.8 Å². The quantitative estimate of drug-likeness (QED) is 0.449. The van der Waals surface area contributed by atoms with E-state index in [-0.39, 0.29) is 9.79 Å². The molecule has 5 rings (SSSR count). The second kappa shape index (κ2) is 8.58. The van der Waals surface area contributed by atoms with Gasteiger partial charge in [-0.05, 0) is 36.4 Å². The summed E-state index contributed by atoms with van der Waals surface area (Å²) in [5.41, 5.74) is 3.34. The minimum atomic E-state index is -3.54. The van der Waals surface area contributed by atoms with Gasteiger partial charge >= 0.3 is 0 Å². The number of aromatic nitrogens is 3. The fraction of sp³-hybridized carbons (Fsp3) is 0.217. The predicted molar refractivity (Wildman–Crippen MR) is 129 cm³/mol. The van der Waals surface area contributed by atoms with Gasteiger partial charge in [0.1, 0.15) is 0 Å². The van der Waals surface area contributed by atoms with Crippen LogP contribution < -0.4 is 5.32 Å². The molecule has 1 fully saturated rings. The molecule has 0 radical (unpaired) electrons. The predicted octanol–water partition coefficient (Wildman–Crippen LogP) is 2.06. The van der Waals surface area contributed by atoms with Gasteiger partial charge in [-0.25, -0.2) is 26.3 Å². The number of imidazole rings is 1. The van der Waals surface area contributed by atoms with Gasteiger partial charge < -0.3 is 5.32 Å². The van der Waals surface area contributed by atoms with Crippen molar-refractivity contribution in [2.45, 2.75) is 9.79 Å². The molecule has 176 valence electrons. The van der Waals surface area contributed by atoms with Crippen LogP contribution in [-0.4, -0.2) is 68.2 Å². The number of sulfonamides is 1. The standard InChI is InChI=1S/C23H23N5O4S2/c1-33(29,30)20-4-2-3-18(15-20)21-9-10-23-25-16-22(28(23)26-21)17-5-7-19(8-6-17)34(31,32)27-13-11-24-12-14-27/h2-10,15-16,24H,11-14H2,1H3. The summed E-state index contributed by atoms with van der Waals surface area (Å²) in [4.78, 5) is 4.87. The average molecular weight is 498 g/mol. The van der Waals surface area contributed by atoms with Crippen LogP contribution in [0.4, 0.5) is 0 Å². The topological polar surface area (TPSA) is 114 Å². The number of rotatable bonds is 5. The summed E-state index contributed by atoms with van der Waals surface area (Å²) in [5, 5.41) is 7.83. The van der Waals surface area contributed by atoms with Crippen LogP contribution in [0, 0.1) is 0 Å². The largest absolute Gasteiger partial charge is 0.314 e. The van der Waals surface area contributed by atoms with Crippen LogP contribution in [-0.2, 0) is 19.9 Å². The van der Waals surface area contributed by atoms with Gasteiger partial charge in [-0.1, -0.05) is 24.3 Å². The van der Waals surface area contributed by atoms with Crippen LogP contribution in [0.1, 0.15) is 0 Å². The van der Waals surface area contributed by atoms with Gasteiger partial charge in [-0.15, -0.1) is 0 Å². The van der Waals surface area contributed by atoms with Crippen molar-refractivity contribution in [2.24, 2.45) is 0 Å². The Morgan fingerprint density at radius 3 is 2.29 bits per heavy atom. The molecular formula is C23H23N5O4S2. The number of sulfone groups is 1. The molecule has 1 aliphatic heterocycles. The number of benzene rings is 2. The smallest absolute Gasteiger partial charge is 0.243 e. The molecular weight excluding hydrogens is 474 g/mol. The van der Waals surface area contributed by atoms with E-state index in [2.05, 4.69) is 15.4 Å². The fourth-order valence-electron chi connectivity index (χ4n) is 3.94. The van der Waals surface area contributed by atoms with Gasteiger partial charge in [0.05, 0.1) is 27.4 Å². The Hall–Kier alpha value is -3.12. The van der Waals surface area contributed by atoms with E-state index < -0.39 is 19.9 Å². The Morgan fingerprint density at radius 1 is 0.853 bits per heavy atom. The molecule has 0 saturated carbocycles. The molecule has 3 heterocycles. The van der Waals surface area contributed by atoms with Gasteiger partial charge in [0, 0.05) is 43.6 Å². The minimum Gasteiger partial charge on any atom is -0.314 e. The van der Waals surface area contributed by atoms with Gasteiger partial charge in [0.2, 0.25) is 10.0 Å². The second-order valence-corrected chi connectivity index (χ2v) is 12.1. The Bertz CT molecular complexity index is 1570. The maximum atomic E-state index is 12.9. The highest BCUT2D eigenvalue weighted by atomic mass is 32.2. The molecule has 0 atom stereocenters. The first-order chi connectivity index (χ1) is 16.2. The lowest BCUT2D eigenvalue weighted by Crippen LogP contribution is -2.46. The highest BCUT2D eigenvalue weighted by Gasteiger charge is 2.25. The van der Waals surface area contributed by atoms with Crippen LogP contribution in [0.15, 0.2) is 76.7 Å². The number of fused-ring (bicyclic) bond motifs is 1. The Balaban J connectivity index is 1.50. The summed E-state index contributed by atoms with van der Waals surface area (Å²) < 4.78 is 52.9. The van der Waals surface area contributed by atoms with Crippen molar-refractivity contribution >= 4 is 25.5 Å². The molecule has 1 saturated heterocycles. The van der Waals surface area contributed by atoms with Crippen molar-refractivity contribution in [2.75, 3.05) is 32.4 Å². The number of nitrogens with zero attached hydrogens (tertiary/aromatic N) is 4. The Morgan fingerprint density at radius 2 is 1.59 bits per heavy atom. The number of hydrogen-bond acceptors (Lipinski definition) is 7. The lowest BCUT2D eigenvalue weighted by atomic mass is 10.1. The molecule has 2 aromatic heterocycles. The average Bonchev–Trinajstić information content (AvgIpc) is 3.27. The van der Waals surface area contributed by atoms with E-state index in [9.17, 15) is 16.8 Å². The van der Waals surface area contributed by atoms with Crippen molar-refractivity contribution in [3.63, 3.8) is 0 Å². The summed E-state index contributed by atoms with van der Waals surface area (Å²) in [6.45, 7) is 2.18. The third kappa shape index (κ3) is 4.23. The molecule has 34 heavy (non-hydrogen) atoms. The summed E-state index contributed by atoms with van der Waals surface area (Å²) in [5.74, 6) is 0. The summed E-state index contributed by atoms with van der Waals surface area (Å²) in [7, 11) is -6.89. The molecule has 2 aromatic carbocycles. The molecule has 0 amide bonds. The normalized spacial score (nSPS) is 15.6. The van der Waals surface area contributed by atoms with Crippen molar-refractivity contribution in [3.05, 3.63) is 66.9 Å². The summed E-state index contributed by atoms with van der Waals surface area (Å²) in [6.07, 6.45) is 2.85. The first-order valence-electron chi connectivity index (χ1n) is 10.7. The highest BCUT2D eigenvalue weighted by molar-refractivity contribution is 7.90. The Kier molecular flexibility index (Phi) is 5.72. The first-order valence-corrected chi connectivity index (χ1v) is 14.0. The minimum absolute atomic E-state index is 0.221. The summed E-state index contributed by atoms with van der Waals surface area (Å²) >= 11 is 0. The molecule has 9 nitrogen and oxygen atoms in total. The third-order valence-electron chi connectivity index (χ3n) is 5.78. The van der Waals surface area contributed by atoms with Gasteiger partial charge in [0.25, 0.3) is 0 Å². The van der Waals surface area contributed by atoms with Crippen molar-refractivity contribution in [1.82, 2.24) is 24.2 Å². The molecule has 0 unspecified atom stereocenters. The van der Waals surface area contributed by atoms with Crippen LogP contribution >= 0.6 is 0 Å². The molecule has 0 aliphatic carbocycles. The zero-order valence-corrected chi connectivity index (χ0v) is 20.1. The fourth-order valence-corrected chi connectivity index (χ4v) is 6.05. The molecule has 4 aromatic rings. The van der Waals surface area contributed by atoms with E-state index in [1.165, 1.54) is 10.6 Å².